The Balaban J connectivity index is 0. The van der Waals surface area contributed by atoms with Crippen LogP contribution in [0.15, 0.2) is 0 Å². The summed E-state index contributed by atoms with van der Waals surface area (Å²) in [5, 5.41) is 7.00. The number of ether oxygens (including phenoxy) is 1. The lowest BCUT2D eigenvalue weighted by Gasteiger charge is -2.24. The molecule has 0 spiro atoms. The summed E-state index contributed by atoms with van der Waals surface area (Å²) in [6.45, 7) is 9.52. The number of halogens is 3. The standard InChI is InChI=1S/C10H19NO2.C2H2F3NO.CH4O/c1-8-5-6-11(7-8)9(12)13-10(2,3)4;3-2(4,5)1(6)7;1-2/h8H,5-7H2,1-4H3;(H2,6,7);2H,1H3/t8-;;/m1../s1. The monoisotopic (exact) mass is 330 g/mol. The van der Waals surface area contributed by atoms with Crippen molar-refractivity contribution < 1.29 is 32.6 Å². The molecule has 0 unspecified atom stereocenters. The number of aliphatic hydroxyl groups excluding tert-OH is 1. The average Bonchev–Trinajstić information content (AvgIpc) is 2.76. The van der Waals surface area contributed by atoms with Gasteiger partial charge in [0.25, 0.3) is 0 Å². The Labute approximate surface area is 128 Å². The summed E-state index contributed by atoms with van der Waals surface area (Å²) in [7, 11) is 1.00. The molecule has 1 aliphatic heterocycles. The Kier molecular flexibility index (Phi) is 9.83. The van der Waals surface area contributed by atoms with Crippen molar-refractivity contribution in [1.29, 1.82) is 0 Å². The third-order valence-electron chi connectivity index (χ3n) is 2.35. The van der Waals surface area contributed by atoms with E-state index in [1.54, 1.807) is 4.90 Å². The van der Waals surface area contributed by atoms with Gasteiger partial charge < -0.3 is 20.5 Å². The maximum atomic E-state index is 11.5. The lowest BCUT2D eigenvalue weighted by Crippen LogP contribution is -2.35. The molecule has 1 heterocycles. The molecule has 0 radical (unpaired) electrons. The maximum absolute atomic E-state index is 11.5. The molecule has 6 nitrogen and oxygen atoms in total. The first-order chi connectivity index (χ1) is 9.83. The van der Waals surface area contributed by atoms with Gasteiger partial charge in [0.05, 0.1) is 0 Å². The van der Waals surface area contributed by atoms with Gasteiger partial charge in [0.2, 0.25) is 0 Å². The Morgan fingerprint density at radius 2 is 1.64 bits per heavy atom. The Morgan fingerprint density at radius 3 is 1.86 bits per heavy atom. The van der Waals surface area contributed by atoms with Crippen molar-refractivity contribution in [3.63, 3.8) is 0 Å². The Morgan fingerprint density at radius 1 is 1.23 bits per heavy atom. The second-order valence-electron chi connectivity index (χ2n) is 5.68. The maximum Gasteiger partial charge on any atom is 0.470 e. The van der Waals surface area contributed by atoms with E-state index in [2.05, 4.69) is 12.7 Å². The molecule has 0 aromatic carbocycles. The number of amides is 2. The number of primary amides is 1. The van der Waals surface area contributed by atoms with Crippen LogP contribution < -0.4 is 5.73 Å². The van der Waals surface area contributed by atoms with Crippen molar-refractivity contribution >= 4 is 12.0 Å². The molecule has 3 N–H and O–H groups in total. The highest BCUT2D eigenvalue weighted by Crippen LogP contribution is 2.18. The third kappa shape index (κ3) is 11.2. The van der Waals surface area contributed by atoms with Gasteiger partial charge in [0, 0.05) is 20.2 Å². The summed E-state index contributed by atoms with van der Waals surface area (Å²) in [5.41, 5.74) is 3.43. The number of carbonyl (C=O) groups is 2. The lowest BCUT2D eigenvalue weighted by molar-refractivity contribution is -0.169. The van der Waals surface area contributed by atoms with Crippen molar-refractivity contribution in [2.75, 3.05) is 20.2 Å². The summed E-state index contributed by atoms with van der Waals surface area (Å²) in [5.74, 6) is -1.64. The van der Waals surface area contributed by atoms with Gasteiger partial charge in [-0.1, -0.05) is 6.92 Å². The van der Waals surface area contributed by atoms with E-state index < -0.39 is 12.1 Å². The molecule has 0 saturated carbocycles. The lowest BCUT2D eigenvalue weighted by atomic mass is 10.2. The van der Waals surface area contributed by atoms with Crippen molar-refractivity contribution in [3.05, 3.63) is 0 Å². The van der Waals surface area contributed by atoms with Crippen LogP contribution in [0.1, 0.15) is 34.1 Å². The van der Waals surface area contributed by atoms with E-state index in [4.69, 9.17) is 14.6 Å². The number of alkyl halides is 3. The van der Waals surface area contributed by atoms with Gasteiger partial charge in [0.15, 0.2) is 0 Å². The Hall–Kier alpha value is -1.51. The smallest absolute Gasteiger partial charge is 0.444 e. The molecule has 22 heavy (non-hydrogen) atoms. The van der Waals surface area contributed by atoms with Crippen LogP contribution in [0, 0.1) is 5.92 Å². The number of hydrogen-bond acceptors (Lipinski definition) is 4. The van der Waals surface area contributed by atoms with E-state index in [9.17, 15) is 18.0 Å². The highest BCUT2D eigenvalue weighted by molar-refractivity contribution is 5.79. The molecule has 9 heteroatoms. The number of aliphatic hydroxyl groups is 1. The minimum atomic E-state index is -4.86. The molecule has 1 fully saturated rings. The minimum absolute atomic E-state index is 0.170. The molecular formula is C13H25F3N2O4. The molecule has 1 rings (SSSR count). The Bertz CT molecular complexity index is 354. The minimum Gasteiger partial charge on any atom is -0.444 e. The van der Waals surface area contributed by atoms with Gasteiger partial charge in [0.1, 0.15) is 5.60 Å². The first-order valence-electron chi connectivity index (χ1n) is 6.62. The summed E-state index contributed by atoms with van der Waals surface area (Å²) in [4.78, 5) is 22.4. The molecule has 0 aliphatic carbocycles. The van der Waals surface area contributed by atoms with Crippen LogP contribution in [0.25, 0.3) is 0 Å². The predicted octanol–water partition coefficient (Wildman–Crippen LogP) is 1.91. The molecule has 1 atom stereocenters. The van der Waals surface area contributed by atoms with Crippen molar-refractivity contribution in [2.45, 2.75) is 45.9 Å². The van der Waals surface area contributed by atoms with Crippen LogP contribution in [0.4, 0.5) is 18.0 Å². The first-order valence-corrected chi connectivity index (χ1v) is 6.62. The van der Waals surface area contributed by atoms with Gasteiger partial charge in [-0.05, 0) is 33.1 Å². The molecule has 0 aromatic rings. The van der Waals surface area contributed by atoms with Crippen molar-refractivity contribution in [3.8, 4) is 0 Å². The third-order valence-corrected chi connectivity index (χ3v) is 2.35. The number of carbonyl (C=O) groups excluding carboxylic acids is 2. The second kappa shape index (κ2) is 9.50. The van der Waals surface area contributed by atoms with Crippen molar-refractivity contribution in [2.24, 2.45) is 11.7 Å². The molecule has 132 valence electrons. The van der Waals surface area contributed by atoms with Crippen molar-refractivity contribution in [1.82, 2.24) is 4.90 Å². The molecular weight excluding hydrogens is 305 g/mol. The van der Waals surface area contributed by atoms with Crippen LogP contribution in [-0.4, -0.2) is 54.0 Å². The van der Waals surface area contributed by atoms with Gasteiger partial charge in [-0.2, -0.15) is 13.2 Å². The number of nitrogens with two attached hydrogens (primary N) is 1. The topological polar surface area (TPSA) is 92.9 Å². The largest absolute Gasteiger partial charge is 0.470 e. The molecule has 2 amide bonds. The summed E-state index contributed by atoms with van der Waals surface area (Å²) < 4.78 is 37.4. The van der Waals surface area contributed by atoms with Crippen LogP contribution in [-0.2, 0) is 9.53 Å². The number of rotatable bonds is 0. The van der Waals surface area contributed by atoms with Gasteiger partial charge >= 0.3 is 18.2 Å². The highest BCUT2D eigenvalue weighted by atomic mass is 19.4. The van der Waals surface area contributed by atoms with E-state index in [0.29, 0.717) is 5.92 Å². The molecule has 0 aromatic heterocycles. The summed E-state index contributed by atoms with van der Waals surface area (Å²) in [6, 6.07) is 0. The summed E-state index contributed by atoms with van der Waals surface area (Å²) >= 11 is 0. The summed E-state index contributed by atoms with van der Waals surface area (Å²) in [6.07, 6.45) is -3.93. The fourth-order valence-corrected chi connectivity index (χ4v) is 1.43. The van der Waals surface area contributed by atoms with Gasteiger partial charge in [-0.3, -0.25) is 4.79 Å². The van der Waals surface area contributed by atoms with Crippen LogP contribution in [0.3, 0.4) is 0 Å². The number of nitrogens with zero attached hydrogens (tertiary/aromatic N) is 1. The zero-order valence-electron chi connectivity index (χ0n) is 13.5. The zero-order chi connectivity index (χ0) is 18.1. The van der Waals surface area contributed by atoms with Crippen LogP contribution >= 0.6 is 0 Å². The van der Waals surface area contributed by atoms with E-state index in [1.807, 2.05) is 20.8 Å². The van der Waals surface area contributed by atoms with E-state index in [1.165, 1.54) is 0 Å². The van der Waals surface area contributed by atoms with Gasteiger partial charge in [-0.25, -0.2) is 4.79 Å². The molecule has 1 saturated heterocycles. The van der Waals surface area contributed by atoms with Gasteiger partial charge in [-0.15, -0.1) is 0 Å². The number of hydrogen-bond donors (Lipinski definition) is 2. The predicted molar refractivity (Wildman–Crippen MR) is 75.0 cm³/mol. The van der Waals surface area contributed by atoms with E-state index in [0.717, 1.165) is 26.6 Å². The molecule has 1 aliphatic rings. The van der Waals surface area contributed by atoms with E-state index in [-0.39, 0.29) is 11.7 Å². The average molecular weight is 330 g/mol. The normalized spacial score (nSPS) is 17.7. The fourth-order valence-electron chi connectivity index (χ4n) is 1.43. The van der Waals surface area contributed by atoms with Crippen LogP contribution in [0.2, 0.25) is 0 Å². The first kappa shape index (κ1) is 22.8. The zero-order valence-corrected chi connectivity index (χ0v) is 13.5. The van der Waals surface area contributed by atoms with E-state index >= 15 is 0 Å². The highest BCUT2D eigenvalue weighted by Gasteiger charge is 2.35. The fraction of sp³-hybridized carbons (Fsp3) is 0.846. The van der Waals surface area contributed by atoms with Crippen LogP contribution in [0.5, 0.6) is 0 Å². The molecule has 0 bridgehead atoms. The quantitative estimate of drug-likeness (QED) is 0.709. The SMILES string of the molecule is CO.C[C@@H]1CCN(C(=O)OC(C)(C)C)C1.NC(=O)C(F)(F)F. The second-order valence-corrected chi connectivity index (χ2v) is 5.68. The number of likely N-dealkylation sites (tertiary alicyclic amines) is 1.